The number of aromatic nitrogens is 3. The molecule has 0 aliphatic heterocycles. The molecular formula is C11H18N4O2. The lowest BCUT2D eigenvalue weighted by molar-refractivity contribution is 0.0708. The molecule has 1 fully saturated rings. The molecule has 6 heteroatoms. The average molecular weight is 238 g/mol. The zero-order valence-corrected chi connectivity index (χ0v) is 9.94. The van der Waals surface area contributed by atoms with Crippen LogP contribution in [0.15, 0.2) is 6.33 Å². The molecular weight excluding hydrogens is 220 g/mol. The normalized spacial score (nSPS) is 28.9. The summed E-state index contributed by atoms with van der Waals surface area (Å²) in [5, 5.41) is 18.6. The molecule has 1 aliphatic rings. The molecule has 0 atom stereocenters. The van der Waals surface area contributed by atoms with Gasteiger partial charge in [0.15, 0.2) is 0 Å². The SMILES string of the molecule is CC1CCC(CO)(NC(=O)c2ncn[nH]2)CC1. The number of rotatable bonds is 3. The zero-order valence-electron chi connectivity index (χ0n) is 9.94. The molecule has 0 radical (unpaired) electrons. The summed E-state index contributed by atoms with van der Waals surface area (Å²) in [5.41, 5.74) is -0.490. The van der Waals surface area contributed by atoms with E-state index in [0.717, 1.165) is 25.7 Å². The van der Waals surface area contributed by atoms with Gasteiger partial charge in [0.25, 0.3) is 5.91 Å². The van der Waals surface area contributed by atoms with Crippen LogP contribution in [0.2, 0.25) is 0 Å². The molecule has 1 saturated carbocycles. The van der Waals surface area contributed by atoms with Crippen LogP contribution in [0.5, 0.6) is 0 Å². The minimum atomic E-state index is -0.490. The van der Waals surface area contributed by atoms with Crippen molar-refractivity contribution >= 4 is 5.91 Å². The highest BCUT2D eigenvalue weighted by molar-refractivity contribution is 5.90. The maximum atomic E-state index is 11.9. The van der Waals surface area contributed by atoms with E-state index in [4.69, 9.17) is 0 Å². The minimum absolute atomic E-state index is 0.0282. The highest BCUT2D eigenvalue weighted by atomic mass is 16.3. The Kier molecular flexibility index (Phi) is 3.42. The highest BCUT2D eigenvalue weighted by Gasteiger charge is 2.35. The number of carbonyl (C=O) groups is 1. The van der Waals surface area contributed by atoms with E-state index in [0.29, 0.717) is 5.92 Å². The Morgan fingerprint density at radius 1 is 1.65 bits per heavy atom. The van der Waals surface area contributed by atoms with Gasteiger partial charge in [-0.3, -0.25) is 9.89 Å². The third kappa shape index (κ3) is 2.63. The third-order valence-electron chi connectivity index (χ3n) is 3.54. The summed E-state index contributed by atoms with van der Waals surface area (Å²) in [6.07, 6.45) is 4.97. The second-order valence-electron chi connectivity index (χ2n) is 4.91. The molecule has 0 spiro atoms. The number of carbonyl (C=O) groups excluding carboxylic acids is 1. The first-order chi connectivity index (χ1) is 8.15. The number of amides is 1. The Morgan fingerprint density at radius 2 is 2.35 bits per heavy atom. The highest BCUT2D eigenvalue weighted by Crippen LogP contribution is 2.31. The monoisotopic (exact) mass is 238 g/mol. The van der Waals surface area contributed by atoms with Crippen molar-refractivity contribution in [2.75, 3.05) is 6.61 Å². The Bertz CT molecular complexity index is 369. The van der Waals surface area contributed by atoms with Crippen LogP contribution in [-0.2, 0) is 0 Å². The summed E-state index contributed by atoms with van der Waals surface area (Å²) in [4.78, 5) is 15.7. The van der Waals surface area contributed by atoms with Gasteiger partial charge in [0.2, 0.25) is 5.82 Å². The molecule has 6 nitrogen and oxygen atoms in total. The molecule has 17 heavy (non-hydrogen) atoms. The van der Waals surface area contributed by atoms with Crippen molar-refractivity contribution in [3.05, 3.63) is 12.2 Å². The maximum absolute atomic E-state index is 11.9. The molecule has 0 aromatic carbocycles. The van der Waals surface area contributed by atoms with Gasteiger partial charge in [-0.15, -0.1) is 0 Å². The van der Waals surface area contributed by atoms with Crippen molar-refractivity contribution in [1.82, 2.24) is 20.5 Å². The average Bonchev–Trinajstić information content (AvgIpc) is 2.86. The van der Waals surface area contributed by atoms with Crippen LogP contribution in [0.1, 0.15) is 43.2 Å². The van der Waals surface area contributed by atoms with Gasteiger partial charge in [0.1, 0.15) is 6.33 Å². The lowest BCUT2D eigenvalue weighted by Gasteiger charge is -2.38. The van der Waals surface area contributed by atoms with Crippen LogP contribution in [-0.4, -0.2) is 38.3 Å². The van der Waals surface area contributed by atoms with E-state index in [1.54, 1.807) is 0 Å². The molecule has 1 aliphatic carbocycles. The van der Waals surface area contributed by atoms with Gasteiger partial charge in [-0.2, -0.15) is 5.10 Å². The summed E-state index contributed by atoms with van der Waals surface area (Å²) in [6, 6.07) is 0. The van der Waals surface area contributed by atoms with E-state index in [1.807, 2.05) is 0 Å². The van der Waals surface area contributed by atoms with Gasteiger partial charge < -0.3 is 10.4 Å². The van der Waals surface area contributed by atoms with E-state index < -0.39 is 5.54 Å². The van der Waals surface area contributed by atoms with Crippen LogP contribution < -0.4 is 5.32 Å². The van der Waals surface area contributed by atoms with E-state index in [-0.39, 0.29) is 18.3 Å². The third-order valence-corrected chi connectivity index (χ3v) is 3.54. The molecule has 0 saturated heterocycles. The molecule has 0 bridgehead atoms. The Labute approximate surface area is 99.8 Å². The molecule has 3 N–H and O–H groups in total. The summed E-state index contributed by atoms with van der Waals surface area (Å²) < 4.78 is 0. The predicted octanol–water partition coefficient (Wildman–Crippen LogP) is 0.476. The number of aromatic amines is 1. The fraction of sp³-hybridized carbons (Fsp3) is 0.727. The second-order valence-corrected chi connectivity index (χ2v) is 4.91. The van der Waals surface area contributed by atoms with E-state index in [1.165, 1.54) is 6.33 Å². The largest absolute Gasteiger partial charge is 0.394 e. The lowest BCUT2D eigenvalue weighted by Crippen LogP contribution is -2.53. The summed E-state index contributed by atoms with van der Waals surface area (Å²) >= 11 is 0. The van der Waals surface area contributed by atoms with Crippen LogP contribution in [0, 0.1) is 5.92 Å². The molecule has 1 heterocycles. The standard InChI is InChI=1S/C11H18N4O2/c1-8-2-4-11(6-16,5-3-8)14-10(17)9-12-7-13-15-9/h7-8,16H,2-6H2,1H3,(H,14,17)(H,12,13,15). The lowest BCUT2D eigenvalue weighted by atomic mass is 9.77. The predicted molar refractivity (Wildman–Crippen MR) is 61.3 cm³/mol. The topological polar surface area (TPSA) is 90.9 Å². The summed E-state index contributed by atoms with van der Waals surface area (Å²) in [6.45, 7) is 2.17. The number of hydrogen-bond donors (Lipinski definition) is 3. The van der Waals surface area contributed by atoms with Gasteiger partial charge >= 0.3 is 0 Å². The van der Waals surface area contributed by atoms with E-state index >= 15 is 0 Å². The van der Waals surface area contributed by atoms with E-state index in [2.05, 4.69) is 27.4 Å². The first-order valence-corrected chi connectivity index (χ1v) is 5.94. The Balaban J connectivity index is 2.02. The Hall–Kier alpha value is -1.43. The van der Waals surface area contributed by atoms with Crippen molar-refractivity contribution < 1.29 is 9.90 Å². The van der Waals surface area contributed by atoms with Crippen molar-refractivity contribution in [3.63, 3.8) is 0 Å². The second kappa shape index (κ2) is 4.83. The number of H-pyrrole nitrogens is 1. The van der Waals surface area contributed by atoms with Crippen molar-refractivity contribution in [2.24, 2.45) is 5.92 Å². The molecule has 2 rings (SSSR count). The van der Waals surface area contributed by atoms with Gasteiger partial charge in [0, 0.05) is 0 Å². The van der Waals surface area contributed by atoms with Crippen molar-refractivity contribution in [2.45, 2.75) is 38.1 Å². The smallest absolute Gasteiger partial charge is 0.289 e. The summed E-state index contributed by atoms with van der Waals surface area (Å²) in [5.74, 6) is 0.555. The van der Waals surface area contributed by atoms with Crippen LogP contribution >= 0.6 is 0 Å². The number of aliphatic hydroxyl groups is 1. The van der Waals surface area contributed by atoms with Crippen molar-refractivity contribution in [1.29, 1.82) is 0 Å². The molecule has 1 aromatic heterocycles. The van der Waals surface area contributed by atoms with Crippen LogP contribution in [0.3, 0.4) is 0 Å². The summed E-state index contributed by atoms with van der Waals surface area (Å²) in [7, 11) is 0. The number of nitrogens with zero attached hydrogens (tertiary/aromatic N) is 2. The maximum Gasteiger partial charge on any atom is 0.289 e. The van der Waals surface area contributed by atoms with Gasteiger partial charge in [0.05, 0.1) is 12.1 Å². The zero-order chi connectivity index (χ0) is 12.3. The number of nitrogens with one attached hydrogen (secondary N) is 2. The number of aliphatic hydroxyl groups excluding tert-OH is 1. The quantitative estimate of drug-likeness (QED) is 0.714. The molecule has 94 valence electrons. The van der Waals surface area contributed by atoms with Gasteiger partial charge in [-0.1, -0.05) is 6.92 Å². The Morgan fingerprint density at radius 3 is 2.88 bits per heavy atom. The first-order valence-electron chi connectivity index (χ1n) is 5.94. The number of hydrogen-bond acceptors (Lipinski definition) is 4. The molecule has 0 unspecified atom stereocenters. The first kappa shape index (κ1) is 12.0. The van der Waals surface area contributed by atoms with Crippen molar-refractivity contribution in [3.8, 4) is 0 Å². The fourth-order valence-electron chi connectivity index (χ4n) is 2.25. The van der Waals surface area contributed by atoms with Crippen LogP contribution in [0.4, 0.5) is 0 Å². The van der Waals surface area contributed by atoms with E-state index in [9.17, 15) is 9.90 Å². The molecule has 1 aromatic rings. The molecule has 1 amide bonds. The van der Waals surface area contributed by atoms with Crippen LogP contribution in [0.25, 0.3) is 0 Å². The minimum Gasteiger partial charge on any atom is -0.394 e. The van der Waals surface area contributed by atoms with Gasteiger partial charge in [-0.05, 0) is 31.6 Å². The fourth-order valence-corrected chi connectivity index (χ4v) is 2.25. The van der Waals surface area contributed by atoms with Gasteiger partial charge in [-0.25, -0.2) is 4.98 Å².